The lowest BCUT2D eigenvalue weighted by molar-refractivity contribution is 0.0926. The lowest BCUT2D eigenvalue weighted by Crippen LogP contribution is -2.29. The molecule has 26 heavy (non-hydrogen) atoms. The van der Waals surface area contributed by atoms with Crippen molar-refractivity contribution in [1.82, 2.24) is 4.98 Å². The Morgan fingerprint density at radius 1 is 0.731 bits per heavy atom. The van der Waals surface area contributed by atoms with Crippen molar-refractivity contribution in [3.05, 3.63) is 83.9 Å². The predicted molar refractivity (Wildman–Crippen MR) is 97.0 cm³/mol. The molecule has 2 heterocycles. The molecule has 0 N–H and O–H groups in total. The molecule has 5 nitrogen and oxygen atoms in total. The lowest BCUT2D eigenvalue weighted by atomic mass is 10.1. The number of carbonyl (C=O) groups is 2. The van der Waals surface area contributed by atoms with Crippen LogP contribution < -0.4 is 4.90 Å². The Morgan fingerprint density at radius 2 is 1.35 bits per heavy atom. The van der Waals surface area contributed by atoms with Crippen LogP contribution in [0.2, 0.25) is 0 Å². The maximum atomic E-state index is 12.6. The van der Waals surface area contributed by atoms with Gasteiger partial charge in [-0.25, -0.2) is 9.88 Å². The minimum Gasteiger partial charge on any atom is -0.436 e. The highest BCUT2D eigenvalue weighted by Crippen LogP contribution is 2.30. The van der Waals surface area contributed by atoms with E-state index in [0.29, 0.717) is 28.3 Å². The standard InChI is InChI=1S/C21H12N2O3/c24-20-15-5-1-2-6-16(15)21(25)23(20)14-11-9-13(10-12-14)19-22-17-7-3-4-8-18(17)26-19/h1-12H. The maximum Gasteiger partial charge on any atom is 0.266 e. The van der Waals surface area contributed by atoms with Gasteiger partial charge in [0.25, 0.3) is 11.8 Å². The van der Waals surface area contributed by atoms with Gasteiger partial charge in [-0.3, -0.25) is 9.59 Å². The van der Waals surface area contributed by atoms with E-state index in [1.807, 2.05) is 24.3 Å². The van der Waals surface area contributed by atoms with E-state index in [-0.39, 0.29) is 11.8 Å². The lowest BCUT2D eigenvalue weighted by Gasteiger charge is -2.13. The van der Waals surface area contributed by atoms with Crippen LogP contribution in [0.3, 0.4) is 0 Å². The number of carbonyl (C=O) groups excluding carboxylic acids is 2. The number of hydrogen-bond acceptors (Lipinski definition) is 4. The Labute approximate surface area is 148 Å². The molecule has 1 aromatic heterocycles. The fourth-order valence-electron chi connectivity index (χ4n) is 3.17. The number of anilines is 1. The summed E-state index contributed by atoms with van der Waals surface area (Å²) in [5, 5.41) is 0. The second-order valence-electron chi connectivity index (χ2n) is 6.02. The van der Waals surface area contributed by atoms with E-state index in [2.05, 4.69) is 4.98 Å². The smallest absolute Gasteiger partial charge is 0.266 e. The van der Waals surface area contributed by atoms with Gasteiger partial charge in [0.15, 0.2) is 5.58 Å². The van der Waals surface area contributed by atoms with Crippen molar-refractivity contribution in [1.29, 1.82) is 0 Å². The molecule has 124 valence electrons. The van der Waals surface area contributed by atoms with Crippen LogP contribution in [0.15, 0.2) is 77.2 Å². The summed E-state index contributed by atoms with van der Waals surface area (Å²) in [5.74, 6) is -0.111. The first-order valence-corrected chi connectivity index (χ1v) is 8.16. The van der Waals surface area contributed by atoms with Crippen LogP contribution in [0.25, 0.3) is 22.6 Å². The molecule has 2 amide bonds. The van der Waals surface area contributed by atoms with E-state index in [1.54, 1.807) is 48.5 Å². The van der Waals surface area contributed by atoms with Gasteiger partial charge in [-0.1, -0.05) is 24.3 Å². The van der Waals surface area contributed by atoms with Crippen molar-refractivity contribution in [2.45, 2.75) is 0 Å². The average Bonchev–Trinajstić information content (AvgIpc) is 3.22. The molecule has 1 aliphatic rings. The van der Waals surface area contributed by atoms with Crippen LogP contribution in [-0.4, -0.2) is 16.8 Å². The number of aromatic nitrogens is 1. The molecule has 0 unspecified atom stereocenters. The molecule has 5 heteroatoms. The first kappa shape index (κ1) is 14.6. The molecular formula is C21H12N2O3. The van der Waals surface area contributed by atoms with Gasteiger partial charge in [-0.2, -0.15) is 0 Å². The zero-order valence-corrected chi connectivity index (χ0v) is 13.5. The van der Waals surface area contributed by atoms with E-state index in [0.717, 1.165) is 11.1 Å². The van der Waals surface area contributed by atoms with E-state index in [1.165, 1.54) is 4.90 Å². The SMILES string of the molecule is O=C1c2ccccc2C(=O)N1c1ccc(-c2nc3ccccc3o2)cc1. The molecule has 3 aromatic carbocycles. The van der Waals surface area contributed by atoms with E-state index < -0.39 is 0 Å². The quantitative estimate of drug-likeness (QED) is 0.511. The molecular weight excluding hydrogens is 328 g/mol. The van der Waals surface area contributed by atoms with Crippen molar-refractivity contribution in [2.24, 2.45) is 0 Å². The Morgan fingerprint density at radius 3 is 2.00 bits per heavy atom. The summed E-state index contributed by atoms with van der Waals surface area (Å²) in [6.45, 7) is 0. The summed E-state index contributed by atoms with van der Waals surface area (Å²) in [6, 6.07) is 21.4. The van der Waals surface area contributed by atoms with Gasteiger partial charge >= 0.3 is 0 Å². The van der Waals surface area contributed by atoms with Crippen LogP contribution in [0.5, 0.6) is 0 Å². The Balaban J connectivity index is 1.51. The van der Waals surface area contributed by atoms with Gasteiger partial charge in [0.05, 0.1) is 16.8 Å². The number of hydrogen-bond donors (Lipinski definition) is 0. The second-order valence-corrected chi connectivity index (χ2v) is 6.02. The zero-order valence-electron chi connectivity index (χ0n) is 13.5. The molecule has 0 atom stereocenters. The topological polar surface area (TPSA) is 63.4 Å². The summed E-state index contributed by atoms with van der Waals surface area (Å²) >= 11 is 0. The van der Waals surface area contributed by atoms with Gasteiger partial charge in [0, 0.05) is 5.56 Å². The fourth-order valence-corrected chi connectivity index (χ4v) is 3.17. The molecule has 0 saturated heterocycles. The molecule has 0 radical (unpaired) electrons. The van der Waals surface area contributed by atoms with E-state index in [9.17, 15) is 9.59 Å². The summed E-state index contributed by atoms with van der Waals surface area (Å²) in [7, 11) is 0. The summed E-state index contributed by atoms with van der Waals surface area (Å²) in [4.78, 5) is 30.8. The molecule has 0 bridgehead atoms. The Bertz CT molecular complexity index is 1110. The highest BCUT2D eigenvalue weighted by atomic mass is 16.3. The number of para-hydroxylation sites is 2. The molecule has 0 spiro atoms. The van der Waals surface area contributed by atoms with Crippen LogP contribution >= 0.6 is 0 Å². The van der Waals surface area contributed by atoms with Crippen molar-refractivity contribution in [3.63, 3.8) is 0 Å². The maximum absolute atomic E-state index is 12.6. The first-order valence-electron chi connectivity index (χ1n) is 8.16. The van der Waals surface area contributed by atoms with Crippen molar-refractivity contribution >= 4 is 28.6 Å². The number of benzene rings is 3. The van der Waals surface area contributed by atoms with E-state index >= 15 is 0 Å². The van der Waals surface area contributed by atoms with Crippen LogP contribution in [0, 0.1) is 0 Å². The number of rotatable bonds is 2. The van der Waals surface area contributed by atoms with E-state index in [4.69, 9.17) is 4.42 Å². The van der Waals surface area contributed by atoms with Gasteiger partial charge in [-0.05, 0) is 48.5 Å². The monoisotopic (exact) mass is 340 g/mol. The highest BCUT2D eigenvalue weighted by Gasteiger charge is 2.36. The average molecular weight is 340 g/mol. The van der Waals surface area contributed by atoms with Gasteiger partial charge in [0.1, 0.15) is 5.52 Å². The zero-order chi connectivity index (χ0) is 17.7. The van der Waals surface area contributed by atoms with Crippen molar-refractivity contribution in [2.75, 3.05) is 4.90 Å². The number of fused-ring (bicyclic) bond motifs is 2. The predicted octanol–water partition coefficient (Wildman–Crippen LogP) is 4.30. The Kier molecular flexibility index (Phi) is 3.03. The largest absolute Gasteiger partial charge is 0.436 e. The fraction of sp³-hybridized carbons (Fsp3) is 0. The van der Waals surface area contributed by atoms with Gasteiger partial charge in [0.2, 0.25) is 5.89 Å². The Hall–Kier alpha value is -3.73. The molecule has 4 aromatic rings. The number of amides is 2. The highest BCUT2D eigenvalue weighted by molar-refractivity contribution is 6.34. The molecule has 0 fully saturated rings. The first-order chi connectivity index (χ1) is 12.7. The molecule has 0 aliphatic carbocycles. The van der Waals surface area contributed by atoms with Crippen LogP contribution in [0.4, 0.5) is 5.69 Å². The third-order valence-electron chi connectivity index (χ3n) is 4.46. The number of oxazole rings is 1. The third kappa shape index (κ3) is 2.07. The molecule has 0 saturated carbocycles. The minimum absolute atomic E-state index is 0.305. The number of imide groups is 1. The van der Waals surface area contributed by atoms with Crippen LogP contribution in [-0.2, 0) is 0 Å². The van der Waals surface area contributed by atoms with Gasteiger partial charge in [-0.15, -0.1) is 0 Å². The number of nitrogens with zero attached hydrogens (tertiary/aromatic N) is 2. The summed E-state index contributed by atoms with van der Waals surface area (Å²) in [6.07, 6.45) is 0. The minimum atomic E-state index is -0.305. The molecule has 5 rings (SSSR count). The third-order valence-corrected chi connectivity index (χ3v) is 4.46. The van der Waals surface area contributed by atoms with Crippen molar-refractivity contribution in [3.8, 4) is 11.5 Å². The molecule has 1 aliphatic heterocycles. The van der Waals surface area contributed by atoms with Crippen molar-refractivity contribution < 1.29 is 14.0 Å². The summed E-state index contributed by atoms with van der Waals surface area (Å²) in [5.41, 5.74) is 3.66. The second kappa shape index (κ2) is 5.39. The van der Waals surface area contributed by atoms with Gasteiger partial charge < -0.3 is 4.42 Å². The summed E-state index contributed by atoms with van der Waals surface area (Å²) < 4.78 is 5.75. The van der Waals surface area contributed by atoms with Crippen LogP contribution in [0.1, 0.15) is 20.7 Å². The normalized spacial score (nSPS) is 13.5.